The lowest BCUT2D eigenvalue weighted by Gasteiger charge is -2.39. The second kappa shape index (κ2) is 6.36. The first kappa shape index (κ1) is 14.9. The monoisotopic (exact) mass is 352 g/mol. The SMILES string of the molecule is O=C(c1cc(Br)ccc1O)N1CCCCC1C1CCNC1. The van der Waals surface area contributed by atoms with Gasteiger partial charge in [0.15, 0.2) is 0 Å². The quantitative estimate of drug-likeness (QED) is 0.860. The van der Waals surface area contributed by atoms with Crippen molar-refractivity contribution in [2.75, 3.05) is 19.6 Å². The van der Waals surface area contributed by atoms with Gasteiger partial charge in [-0.1, -0.05) is 15.9 Å². The fraction of sp³-hybridized carbons (Fsp3) is 0.562. The standard InChI is InChI=1S/C16H21BrN2O2/c17-12-4-5-15(20)13(9-12)16(21)19-8-2-1-3-14(19)11-6-7-18-10-11/h4-5,9,11,14,18,20H,1-3,6-8,10H2. The molecule has 0 saturated carbocycles. The molecule has 2 aliphatic heterocycles. The van der Waals surface area contributed by atoms with Crippen LogP contribution in [0, 0.1) is 5.92 Å². The Balaban J connectivity index is 1.85. The third-order valence-corrected chi connectivity index (χ3v) is 5.13. The van der Waals surface area contributed by atoms with Crippen LogP contribution < -0.4 is 5.32 Å². The summed E-state index contributed by atoms with van der Waals surface area (Å²) in [7, 11) is 0. The molecule has 1 amide bonds. The molecule has 0 aromatic heterocycles. The molecule has 5 heteroatoms. The number of nitrogens with zero attached hydrogens (tertiary/aromatic N) is 1. The lowest BCUT2D eigenvalue weighted by molar-refractivity contribution is 0.0527. The Morgan fingerprint density at radius 2 is 2.19 bits per heavy atom. The Bertz CT molecular complexity index is 529. The van der Waals surface area contributed by atoms with Crippen molar-refractivity contribution < 1.29 is 9.90 Å². The Morgan fingerprint density at radius 1 is 1.33 bits per heavy atom. The molecule has 0 radical (unpaired) electrons. The van der Waals surface area contributed by atoms with Gasteiger partial charge in [0.2, 0.25) is 0 Å². The van der Waals surface area contributed by atoms with E-state index in [-0.39, 0.29) is 11.7 Å². The van der Waals surface area contributed by atoms with Crippen LogP contribution in [0.4, 0.5) is 0 Å². The van der Waals surface area contributed by atoms with Gasteiger partial charge in [-0.25, -0.2) is 0 Å². The number of piperidine rings is 1. The summed E-state index contributed by atoms with van der Waals surface area (Å²) in [5.41, 5.74) is 0.405. The predicted octanol–water partition coefficient (Wildman–Crippen LogP) is 2.76. The number of likely N-dealkylation sites (tertiary alicyclic amines) is 1. The Morgan fingerprint density at radius 3 is 2.95 bits per heavy atom. The maximum atomic E-state index is 12.9. The van der Waals surface area contributed by atoms with Crippen molar-refractivity contribution in [3.05, 3.63) is 28.2 Å². The van der Waals surface area contributed by atoms with E-state index in [9.17, 15) is 9.90 Å². The van der Waals surface area contributed by atoms with Crippen LogP contribution in [0.3, 0.4) is 0 Å². The summed E-state index contributed by atoms with van der Waals surface area (Å²) < 4.78 is 0.819. The van der Waals surface area contributed by atoms with Gasteiger partial charge in [0.1, 0.15) is 5.75 Å². The predicted molar refractivity (Wildman–Crippen MR) is 85.5 cm³/mol. The molecule has 2 aliphatic rings. The maximum Gasteiger partial charge on any atom is 0.257 e. The van der Waals surface area contributed by atoms with E-state index in [0.29, 0.717) is 17.5 Å². The van der Waals surface area contributed by atoms with E-state index in [1.54, 1.807) is 18.2 Å². The zero-order chi connectivity index (χ0) is 14.8. The molecule has 114 valence electrons. The van der Waals surface area contributed by atoms with E-state index in [4.69, 9.17) is 0 Å². The highest BCUT2D eigenvalue weighted by Crippen LogP contribution is 2.31. The Kier molecular flexibility index (Phi) is 4.50. The average Bonchev–Trinajstić information content (AvgIpc) is 3.03. The zero-order valence-corrected chi connectivity index (χ0v) is 13.6. The van der Waals surface area contributed by atoms with Crippen LogP contribution in [0.25, 0.3) is 0 Å². The van der Waals surface area contributed by atoms with Gasteiger partial charge in [-0.2, -0.15) is 0 Å². The molecule has 0 spiro atoms. The molecule has 0 aliphatic carbocycles. The number of phenols is 1. The maximum absolute atomic E-state index is 12.9. The molecule has 4 nitrogen and oxygen atoms in total. The summed E-state index contributed by atoms with van der Waals surface area (Å²) in [6.45, 7) is 2.84. The van der Waals surface area contributed by atoms with Gasteiger partial charge in [-0.05, 0) is 62.9 Å². The third kappa shape index (κ3) is 3.09. The molecular formula is C16H21BrN2O2. The number of halogens is 1. The number of phenolic OH excluding ortho intramolecular Hbond substituents is 1. The number of carbonyl (C=O) groups is 1. The molecule has 1 aromatic rings. The smallest absolute Gasteiger partial charge is 0.257 e. The summed E-state index contributed by atoms with van der Waals surface area (Å²) in [6, 6.07) is 5.35. The Labute approximate surface area is 133 Å². The highest BCUT2D eigenvalue weighted by Gasteiger charge is 2.35. The normalized spacial score (nSPS) is 26.0. The molecule has 2 N–H and O–H groups in total. The fourth-order valence-electron chi connectivity index (χ4n) is 3.54. The van der Waals surface area contributed by atoms with Crippen LogP contribution in [0.2, 0.25) is 0 Å². The summed E-state index contributed by atoms with van der Waals surface area (Å²) in [6.07, 6.45) is 4.46. The highest BCUT2D eigenvalue weighted by molar-refractivity contribution is 9.10. The number of amides is 1. The van der Waals surface area contributed by atoms with Crippen LogP contribution in [-0.2, 0) is 0 Å². The van der Waals surface area contributed by atoms with Crippen molar-refractivity contribution in [1.82, 2.24) is 10.2 Å². The van der Waals surface area contributed by atoms with Crippen molar-refractivity contribution in [1.29, 1.82) is 0 Å². The molecule has 3 rings (SSSR count). The summed E-state index contributed by atoms with van der Waals surface area (Å²) in [5, 5.41) is 13.4. The minimum absolute atomic E-state index is 0.0367. The van der Waals surface area contributed by atoms with E-state index in [2.05, 4.69) is 21.2 Å². The van der Waals surface area contributed by atoms with Crippen molar-refractivity contribution in [3.63, 3.8) is 0 Å². The van der Waals surface area contributed by atoms with Crippen molar-refractivity contribution >= 4 is 21.8 Å². The largest absolute Gasteiger partial charge is 0.507 e. The first-order chi connectivity index (χ1) is 10.2. The molecule has 2 fully saturated rings. The van der Waals surface area contributed by atoms with Crippen LogP contribution >= 0.6 is 15.9 Å². The topological polar surface area (TPSA) is 52.6 Å². The average molecular weight is 353 g/mol. The lowest BCUT2D eigenvalue weighted by atomic mass is 9.89. The fourth-order valence-corrected chi connectivity index (χ4v) is 3.90. The minimum Gasteiger partial charge on any atom is -0.507 e. The van der Waals surface area contributed by atoms with Gasteiger partial charge >= 0.3 is 0 Å². The van der Waals surface area contributed by atoms with E-state index in [0.717, 1.165) is 43.4 Å². The number of hydrogen-bond donors (Lipinski definition) is 2. The second-order valence-electron chi connectivity index (χ2n) is 5.98. The first-order valence-electron chi connectivity index (χ1n) is 7.67. The van der Waals surface area contributed by atoms with E-state index in [1.165, 1.54) is 6.42 Å². The van der Waals surface area contributed by atoms with E-state index in [1.807, 2.05) is 4.90 Å². The van der Waals surface area contributed by atoms with Gasteiger partial charge < -0.3 is 15.3 Å². The van der Waals surface area contributed by atoms with Gasteiger partial charge in [-0.3, -0.25) is 4.79 Å². The summed E-state index contributed by atoms with van der Waals surface area (Å²) in [4.78, 5) is 14.9. The van der Waals surface area contributed by atoms with Crippen LogP contribution in [0.1, 0.15) is 36.0 Å². The highest BCUT2D eigenvalue weighted by atomic mass is 79.9. The van der Waals surface area contributed by atoms with Gasteiger partial charge in [0, 0.05) is 17.1 Å². The number of rotatable bonds is 2. The van der Waals surface area contributed by atoms with Crippen LogP contribution in [0.5, 0.6) is 5.75 Å². The molecule has 2 saturated heterocycles. The Hall–Kier alpha value is -1.07. The van der Waals surface area contributed by atoms with Gasteiger partial charge in [0.05, 0.1) is 5.56 Å². The number of carbonyl (C=O) groups excluding carboxylic acids is 1. The number of aromatic hydroxyl groups is 1. The van der Waals surface area contributed by atoms with Crippen molar-refractivity contribution in [2.45, 2.75) is 31.7 Å². The number of nitrogens with one attached hydrogen (secondary N) is 1. The van der Waals surface area contributed by atoms with Crippen molar-refractivity contribution in [2.24, 2.45) is 5.92 Å². The molecule has 0 bridgehead atoms. The van der Waals surface area contributed by atoms with E-state index < -0.39 is 0 Å². The van der Waals surface area contributed by atoms with E-state index >= 15 is 0 Å². The number of hydrogen-bond acceptors (Lipinski definition) is 3. The molecule has 2 unspecified atom stereocenters. The summed E-state index contributed by atoms with van der Waals surface area (Å²) >= 11 is 3.38. The summed E-state index contributed by atoms with van der Waals surface area (Å²) in [5.74, 6) is 0.575. The minimum atomic E-state index is -0.0367. The molecule has 21 heavy (non-hydrogen) atoms. The lowest BCUT2D eigenvalue weighted by Crippen LogP contribution is -2.48. The van der Waals surface area contributed by atoms with Crippen molar-refractivity contribution in [3.8, 4) is 5.75 Å². The van der Waals surface area contributed by atoms with Gasteiger partial charge in [0.25, 0.3) is 5.91 Å². The molecule has 1 aromatic carbocycles. The second-order valence-corrected chi connectivity index (χ2v) is 6.89. The third-order valence-electron chi connectivity index (χ3n) is 4.64. The molecule has 2 heterocycles. The number of benzene rings is 1. The molecular weight excluding hydrogens is 332 g/mol. The van der Waals surface area contributed by atoms with Gasteiger partial charge in [-0.15, -0.1) is 0 Å². The molecule has 2 atom stereocenters. The zero-order valence-electron chi connectivity index (χ0n) is 12.0. The van der Waals surface area contributed by atoms with Crippen LogP contribution in [0.15, 0.2) is 22.7 Å². The first-order valence-corrected chi connectivity index (χ1v) is 8.46. The van der Waals surface area contributed by atoms with Crippen LogP contribution in [-0.4, -0.2) is 41.6 Å².